The maximum absolute atomic E-state index is 12.3. The van der Waals surface area contributed by atoms with E-state index in [2.05, 4.69) is 17.4 Å². The lowest BCUT2D eigenvalue weighted by molar-refractivity contribution is -0.123. The zero-order valence-corrected chi connectivity index (χ0v) is 13.8. The molecule has 1 amide bonds. The fraction of sp³-hybridized carbons (Fsp3) is 0.421. The lowest BCUT2D eigenvalue weighted by Crippen LogP contribution is -2.45. The van der Waals surface area contributed by atoms with E-state index in [1.54, 1.807) is 6.92 Å². The van der Waals surface area contributed by atoms with Crippen molar-refractivity contribution >= 4 is 16.7 Å². The van der Waals surface area contributed by atoms with Crippen molar-refractivity contribution in [2.75, 3.05) is 6.54 Å². The smallest absolute Gasteiger partial charge is 0.227 e. The van der Waals surface area contributed by atoms with Crippen LogP contribution in [0.1, 0.15) is 39.2 Å². The Bertz CT molecular complexity index is 661. The van der Waals surface area contributed by atoms with Crippen molar-refractivity contribution in [3.8, 4) is 0 Å². The van der Waals surface area contributed by atoms with Crippen LogP contribution >= 0.6 is 0 Å². The third-order valence-corrected chi connectivity index (χ3v) is 4.53. The quantitative estimate of drug-likeness (QED) is 0.888. The van der Waals surface area contributed by atoms with Crippen LogP contribution < -0.4 is 5.32 Å². The summed E-state index contributed by atoms with van der Waals surface area (Å²) in [4.78, 5) is 12.3. The zero-order valence-electron chi connectivity index (χ0n) is 13.8. The molecule has 2 aromatic rings. The predicted octanol–water partition coefficient (Wildman–Crippen LogP) is 3.47. The zero-order chi connectivity index (χ0) is 16.3. The first-order chi connectivity index (χ1) is 10.3. The minimum atomic E-state index is -0.890. The fourth-order valence-corrected chi connectivity index (χ4v) is 2.25. The number of amides is 1. The van der Waals surface area contributed by atoms with Crippen LogP contribution in [0.2, 0.25) is 0 Å². The molecule has 0 aromatic heterocycles. The van der Waals surface area contributed by atoms with E-state index < -0.39 is 5.60 Å². The first-order valence-corrected chi connectivity index (χ1v) is 7.80. The van der Waals surface area contributed by atoms with Gasteiger partial charge in [0.25, 0.3) is 0 Å². The predicted molar refractivity (Wildman–Crippen MR) is 90.8 cm³/mol. The van der Waals surface area contributed by atoms with Gasteiger partial charge < -0.3 is 10.4 Å². The Morgan fingerprint density at radius 3 is 2.41 bits per heavy atom. The molecule has 2 unspecified atom stereocenters. The van der Waals surface area contributed by atoms with Crippen LogP contribution in [0.15, 0.2) is 42.5 Å². The second-order valence-corrected chi connectivity index (χ2v) is 6.56. The molecule has 3 heteroatoms. The number of benzene rings is 2. The lowest BCUT2D eigenvalue weighted by atomic mass is 9.92. The van der Waals surface area contributed by atoms with E-state index in [0.29, 0.717) is 0 Å². The standard InChI is InChI=1S/C19H25NO2/c1-13(2)19(4,22)12-20-18(21)14(3)16-10-9-15-7-5-6-8-17(15)11-16/h5-11,13-14,22H,12H2,1-4H3,(H,20,21). The molecule has 2 N–H and O–H groups in total. The number of carbonyl (C=O) groups excluding carboxylic acids is 1. The molecule has 0 radical (unpaired) electrons. The van der Waals surface area contributed by atoms with Gasteiger partial charge >= 0.3 is 0 Å². The van der Waals surface area contributed by atoms with Crippen molar-refractivity contribution in [2.24, 2.45) is 5.92 Å². The Hall–Kier alpha value is -1.87. The topological polar surface area (TPSA) is 49.3 Å². The molecule has 0 aliphatic heterocycles. The first kappa shape index (κ1) is 16.5. The van der Waals surface area contributed by atoms with Gasteiger partial charge in [0.05, 0.1) is 11.5 Å². The molecule has 0 saturated carbocycles. The summed E-state index contributed by atoms with van der Waals surface area (Å²) in [7, 11) is 0. The largest absolute Gasteiger partial charge is 0.388 e. The van der Waals surface area contributed by atoms with Crippen LogP contribution in [0.5, 0.6) is 0 Å². The van der Waals surface area contributed by atoms with Crippen LogP contribution in [0.4, 0.5) is 0 Å². The highest BCUT2D eigenvalue weighted by Crippen LogP contribution is 2.22. The average molecular weight is 299 g/mol. The summed E-state index contributed by atoms with van der Waals surface area (Å²) >= 11 is 0. The summed E-state index contributed by atoms with van der Waals surface area (Å²) in [6, 6.07) is 14.2. The molecule has 22 heavy (non-hydrogen) atoms. The van der Waals surface area contributed by atoms with E-state index in [1.165, 1.54) is 5.39 Å². The maximum Gasteiger partial charge on any atom is 0.227 e. The Labute approximate surface area is 132 Å². The van der Waals surface area contributed by atoms with E-state index in [9.17, 15) is 9.90 Å². The van der Waals surface area contributed by atoms with E-state index in [0.717, 1.165) is 10.9 Å². The highest BCUT2D eigenvalue weighted by Gasteiger charge is 2.26. The lowest BCUT2D eigenvalue weighted by Gasteiger charge is -2.28. The minimum Gasteiger partial charge on any atom is -0.388 e. The SMILES string of the molecule is CC(C(=O)NCC(C)(O)C(C)C)c1ccc2ccccc2c1. The summed E-state index contributed by atoms with van der Waals surface area (Å²) < 4.78 is 0. The molecule has 0 aliphatic carbocycles. The summed E-state index contributed by atoms with van der Waals surface area (Å²) in [5, 5.41) is 15.4. The van der Waals surface area contributed by atoms with Crippen LogP contribution in [0.25, 0.3) is 10.8 Å². The third-order valence-electron chi connectivity index (χ3n) is 4.53. The van der Waals surface area contributed by atoms with E-state index in [4.69, 9.17) is 0 Å². The van der Waals surface area contributed by atoms with Gasteiger partial charge in [-0.3, -0.25) is 4.79 Å². The molecule has 0 spiro atoms. The molecular weight excluding hydrogens is 274 g/mol. The Kier molecular flexibility index (Phi) is 4.87. The molecular formula is C19H25NO2. The third kappa shape index (κ3) is 3.66. The summed E-state index contributed by atoms with van der Waals surface area (Å²) in [5.41, 5.74) is 0.0964. The van der Waals surface area contributed by atoms with Crippen LogP contribution in [-0.2, 0) is 4.79 Å². The Balaban J connectivity index is 2.09. The number of fused-ring (bicyclic) bond motifs is 1. The Morgan fingerprint density at radius 1 is 1.14 bits per heavy atom. The monoisotopic (exact) mass is 299 g/mol. The molecule has 118 valence electrons. The van der Waals surface area contributed by atoms with Crippen LogP contribution in [-0.4, -0.2) is 23.2 Å². The number of nitrogens with one attached hydrogen (secondary N) is 1. The highest BCUT2D eigenvalue weighted by molar-refractivity contribution is 5.87. The van der Waals surface area contributed by atoms with Crippen molar-refractivity contribution in [3.63, 3.8) is 0 Å². The minimum absolute atomic E-state index is 0.0591. The molecule has 2 atom stereocenters. The first-order valence-electron chi connectivity index (χ1n) is 7.80. The molecule has 0 heterocycles. The van der Waals surface area contributed by atoms with E-state index in [-0.39, 0.29) is 24.3 Å². The van der Waals surface area contributed by atoms with Crippen molar-refractivity contribution in [2.45, 2.75) is 39.2 Å². The van der Waals surface area contributed by atoms with E-state index >= 15 is 0 Å². The van der Waals surface area contributed by atoms with Gasteiger partial charge in [-0.05, 0) is 36.1 Å². The van der Waals surface area contributed by atoms with Gasteiger partial charge in [0.1, 0.15) is 0 Å². The van der Waals surface area contributed by atoms with Crippen molar-refractivity contribution in [1.29, 1.82) is 0 Å². The van der Waals surface area contributed by atoms with Gasteiger partial charge in [-0.25, -0.2) is 0 Å². The molecule has 0 saturated heterocycles. The Morgan fingerprint density at radius 2 is 1.77 bits per heavy atom. The van der Waals surface area contributed by atoms with E-state index in [1.807, 2.05) is 51.1 Å². The van der Waals surface area contributed by atoms with Gasteiger partial charge in [0.2, 0.25) is 5.91 Å². The normalized spacial score (nSPS) is 15.5. The van der Waals surface area contributed by atoms with Crippen molar-refractivity contribution in [3.05, 3.63) is 48.0 Å². The van der Waals surface area contributed by atoms with Gasteiger partial charge in [-0.15, -0.1) is 0 Å². The number of carbonyl (C=O) groups is 1. The average Bonchev–Trinajstić information content (AvgIpc) is 2.51. The number of hydrogen-bond acceptors (Lipinski definition) is 2. The summed E-state index contributed by atoms with van der Waals surface area (Å²) in [6.45, 7) is 7.79. The van der Waals surface area contributed by atoms with Gasteiger partial charge in [-0.1, -0.05) is 56.3 Å². The van der Waals surface area contributed by atoms with Crippen LogP contribution in [0.3, 0.4) is 0 Å². The number of aliphatic hydroxyl groups is 1. The van der Waals surface area contributed by atoms with Gasteiger partial charge in [-0.2, -0.15) is 0 Å². The molecule has 3 nitrogen and oxygen atoms in total. The highest BCUT2D eigenvalue weighted by atomic mass is 16.3. The van der Waals surface area contributed by atoms with Crippen LogP contribution in [0, 0.1) is 5.92 Å². The summed E-state index contributed by atoms with van der Waals surface area (Å²) in [6.07, 6.45) is 0. The molecule has 2 aromatic carbocycles. The van der Waals surface area contributed by atoms with Gasteiger partial charge in [0, 0.05) is 6.54 Å². The van der Waals surface area contributed by atoms with Crippen molar-refractivity contribution in [1.82, 2.24) is 5.32 Å². The second-order valence-electron chi connectivity index (χ2n) is 6.56. The number of hydrogen-bond donors (Lipinski definition) is 2. The number of rotatable bonds is 5. The molecule has 2 rings (SSSR count). The second kappa shape index (κ2) is 6.49. The fourth-order valence-electron chi connectivity index (χ4n) is 2.25. The molecule has 0 aliphatic rings. The maximum atomic E-state index is 12.3. The summed E-state index contributed by atoms with van der Waals surface area (Å²) in [5.74, 6) is -0.215. The molecule has 0 fully saturated rings. The van der Waals surface area contributed by atoms with Gasteiger partial charge in [0.15, 0.2) is 0 Å². The molecule has 0 bridgehead atoms. The van der Waals surface area contributed by atoms with Crippen molar-refractivity contribution < 1.29 is 9.90 Å².